The number of hydrogen-bond donors (Lipinski definition) is 1. The maximum absolute atomic E-state index is 12.5. The molecule has 1 N–H and O–H groups in total. The van der Waals surface area contributed by atoms with Crippen molar-refractivity contribution >= 4 is 67.0 Å². The summed E-state index contributed by atoms with van der Waals surface area (Å²) in [5.74, 6) is -0.439. The minimum absolute atomic E-state index is 0.316. The van der Waals surface area contributed by atoms with Crippen molar-refractivity contribution in [1.82, 2.24) is 5.43 Å². The number of fused-ring (bicyclic) bond motifs is 1. The molecule has 0 aliphatic rings. The molecule has 0 aliphatic heterocycles. The van der Waals surface area contributed by atoms with Gasteiger partial charge in [-0.15, -0.1) is 11.3 Å². The van der Waals surface area contributed by atoms with E-state index in [-0.39, 0.29) is 5.91 Å². The van der Waals surface area contributed by atoms with Gasteiger partial charge in [0, 0.05) is 20.1 Å². The van der Waals surface area contributed by atoms with E-state index in [4.69, 9.17) is 16.3 Å². The van der Waals surface area contributed by atoms with E-state index in [9.17, 15) is 9.59 Å². The van der Waals surface area contributed by atoms with Crippen molar-refractivity contribution in [3.8, 4) is 5.75 Å². The van der Waals surface area contributed by atoms with E-state index < -0.39 is 5.97 Å². The topological polar surface area (TPSA) is 67.8 Å². The molecule has 0 saturated heterocycles. The Bertz CT molecular complexity index is 1300. The first-order valence-electron chi connectivity index (χ1n) is 9.09. The van der Waals surface area contributed by atoms with Crippen LogP contribution in [0.4, 0.5) is 0 Å². The first-order valence-corrected chi connectivity index (χ1v) is 11.1. The molecular formula is C23H14BrClN2O3S. The highest BCUT2D eigenvalue weighted by atomic mass is 79.9. The number of carbonyl (C=O) groups is 2. The molecule has 0 radical (unpaired) electrons. The van der Waals surface area contributed by atoms with E-state index >= 15 is 0 Å². The highest BCUT2D eigenvalue weighted by molar-refractivity contribution is 9.10. The van der Waals surface area contributed by atoms with Crippen LogP contribution in [-0.4, -0.2) is 18.1 Å². The van der Waals surface area contributed by atoms with Crippen LogP contribution in [0.25, 0.3) is 10.1 Å². The summed E-state index contributed by atoms with van der Waals surface area (Å²) >= 11 is 11.0. The standard InChI is InChI=1S/C23H14BrClN2O3S/c24-16-5-3-4-15(12-16)22(28)27-26-13-14-8-10-17(11-9-14)30-23(29)21-20(25)18-6-1-2-7-19(18)31-21/h1-13H,(H,27,28)/b26-13-. The lowest BCUT2D eigenvalue weighted by molar-refractivity contribution is 0.0739. The molecule has 31 heavy (non-hydrogen) atoms. The van der Waals surface area contributed by atoms with Crippen molar-refractivity contribution in [2.75, 3.05) is 0 Å². The van der Waals surface area contributed by atoms with E-state index in [1.807, 2.05) is 30.3 Å². The Hall–Kier alpha value is -3.00. The summed E-state index contributed by atoms with van der Waals surface area (Å²) in [4.78, 5) is 25.0. The van der Waals surface area contributed by atoms with Crippen LogP contribution < -0.4 is 10.2 Å². The Kier molecular flexibility index (Phi) is 6.46. The molecule has 3 aromatic carbocycles. The van der Waals surface area contributed by atoms with Crippen molar-refractivity contribution in [2.45, 2.75) is 0 Å². The molecule has 0 spiro atoms. The average Bonchev–Trinajstić information content (AvgIpc) is 3.12. The van der Waals surface area contributed by atoms with Gasteiger partial charge in [-0.3, -0.25) is 4.79 Å². The largest absolute Gasteiger partial charge is 0.422 e. The minimum Gasteiger partial charge on any atom is -0.422 e. The molecule has 0 saturated carbocycles. The maximum atomic E-state index is 12.5. The van der Waals surface area contributed by atoms with Crippen molar-refractivity contribution in [1.29, 1.82) is 0 Å². The zero-order valence-electron chi connectivity index (χ0n) is 15.8. The highest BCUT2D eigenvalue weighted by Crippen LogP contribution is 2.35. The number of benzene rings is 3. The Morgan fingerprint density at radius 1 is 1.03 bits per heavy atom. The molecule has 4 rings (SSSR count). The first kappa shape index (κ1) is 21.2. The van der Waals surface area contributed by atoms with Gasteiger partial charge in [0.15, 0.2) is 0 Å². The second kappa shape index (κ2) is 9.43. The van der Waals surface area contributed by atoms with E-state index in [1.165, 1.54) is 17.6 Å². The first-order chi connectivity index (χ1) is 15.0. The quantitative estimate of drug-likeness (QED) is 0.147. The smallest absolute Gasteiger partial charge is 0.355 e. The molecule has 8 heteroatoms. The third kappa shape index (κ3) is 5.02. The number of hydrazone groups is 1. The van der Waals surface area contributed by atoms with Crippen LogP contribution in [0.3, 0.4) is 0 Å². The third-order valence-electron chi connectivity index (χ3n) is 4.28. The number of nitrogens with zero attached hydrogens (tertiary/aromatic N) is 1. The van der Waals surface area contributed by atoms with Crippen LogP contribution in [0.1, 0.15) is 25.6 Å². The number of esters is 1. The van der Waals surface area contributed by atoms with Gasteiger partial charge >= 0.3 is 5.97 Å². The third-order valence-corrected chi connectivity index (χ3v) is 6.43. The Balaban J connectivity index is 1.38. The fourth-order valence-electron chi connectivity index (χ4n) is 2.78. The van der Waals surface area contributed by atoms with Crippen LogP contribution in [-0.2, 0) is 0 Å². The summed E-state index contributed by atoms with van der Waals surface area (Å²) in [7, 11) is 0. The van der Waals surface area contributed by atoms with Crippen LogP contribution in [0.2, 0.25) is 5.02 Å². The number of hydrogen-bond acceptors (Lipinski definition) is 5. The summed E-state index contributed by atoms with van der Waals surface area (Å²) in [5, 5.41) is 5.19. The zero-order valence-corrected chi connectivity index (χ0v) is 19.0. The molecule has 0 atom stereocenters. The molecule has 1 aromatic heterocycles. The van der Waals surface area contributed by atoms with Gasteiger partial charge in [0.1, 0.15) is 10.6 Å². The van der Waals surface area contributed by atoms with E-state index in [0.29, 0.717) is 21.2 Å². The zero-order chi connectivity index (χ0) is 21.8. The van der Waals surface area contributed by atoms with Gasteiger partial charge in [-0.05, 0) is 54.1 Å². The minimum atomic E-state index is -0.506. The van der Waals surface area contributed by atoms with Gasteiger partial charge in [0.2, 0.25) is 0 Å². The fraction of sp³-hybridized carbons (Fsp3) is 0. The number of rotatable bonds is 5. The predicted octanol–water partition coefficient (Wildman–Crippen LogP) is 6.30. The van der Waals surface area contributed by atoms with Crippen molar-refractivity contribution < 1.29 is 14.3 Å². The number of nitrogens with one attached hydrogen (secondary N) is 1. The molecule has 154 valence electrons. The average molecular weight is 514 g/mol. The lowest BCUT2D eigenvalue weighted by Crippen LogP contribution is -2.17. The van der Waals surface area contributed by atoms with Gasteiger partial charge in [0.25, 0.3) is 5.91 Å². The summed E-state index contributed by atoms with van der Waals surface area (Å²) in [5.41, 5.74) is 3.70. The molecule has 0 aliphatic carbocycles. The van der Waals surface area contributed by atoms with Gasteiger partial charge < -0.3 is 4.74 Å². The van der Waals surface area contributed by atoms with Crippen LogP contribution >= 0.6 is 38.9 Å². The summed E-state index contributed by atoms with van der Waals surface area (Å²) in [6.45, 7) is 0. The number of thiophene rings is 1. The maximum Gasteiger partial charge on any atom is 0.355 e. The molecule has 0 bridgehead atoms. The molecular weight excluding hydrogens is 500 g/mol. The summed E-state index contributed by atoms with van der Waals surface area (Å²) < 4.78 is 7.18. The van der Waals surface area contributed by atoms with E-state index in [1.54, 1.807) is 42.5 Å². The highest BCUT2D eigenvalue weighted by Gasteiger charge is 2.18. The molecule has 1 amide bonds. The second-order valence-corrected chi connectivity index (χ2v) is 8.76. The number of ether oxygens (including phenoxy) is 1. The van der Waals surface area contributed by atoms with E-state index in [2.05, 4.69) is 26.5 Å². The van der Waals surface area contributed by atoms with Crippen molar-refractivity contribution in [3.63, 3.8) is 0 Å². The molecule has 0 fully saturated rings. The Morgan fingerprint density at radius 2 is 1.81 bits per heavy atom. The van der Waals surface area contributed by atoms with Gasteiger partial charge in [-0.25, -0.2) is 10.2 Å². The molecule has 5 nitrogen and oxygen atoms in total. The summed E-state index contributed by atoms with van der Waals surface area (Å²) in [6.07, 6.45) is 1.50. The molecule has 4 aromatic rings. The number of halogens is 2. The van der Waals surface area contributed by atoms with E-state index in [0.717, 1.165) is 20.1 Å². The number of amides is 1. The van der Waals surface area contributed by atoms with Gasteiger partial charge in [-0.1, -0.05) is 51.8 Å². The van der Waals surface area contributed by atoms with Gasteiger partial charge in [-0.2, -0.15) is 5.10 Å². The van der Waals surface area contributed by atoms with Crippen molar-refractivity contribution in [3.05, 3.63) is 98.3 Å². The Labute approximate surface area is 195 Å². The molecule has 1 heterocycles. The Morgan fingerprint density at radius 3 is 2.55 bits per heavy atom. The molecule has 0 unspecified atom stereocenters. The van der Waals surface area contributed by atoms with Crippen LogP contribution in [0.5, 0.6) is 5.75 Å². The summed E-state index contributed by atoms with van der Waals surface area (Å²) in [6, 6.07) is 21.3. The lowest BCUT2D eigenvalue weighted by atomic mass is 10.2. The van der Waals surface area contributed by atoms with Crippen LogP contribution in [0.15, 0.2) is 82.4 Å². The fourth-order valence-corrected chi connectivity index (χ4v) is 4.56. The lowest BCUT2D eigenvalue weighted by Gasteiger charge is -2.04. The van der Waals surface area contributed by atoms with Crippen molar-refractivity contribution in [2.24, 2.45) is 5.10 Å². The SMILES string of the molecule is O=C(N/N=C\c1ccc(OC(=O)c2sc3ccccc3c2Cl)cc1)c1cccc(Br)c1. The predicted molar refractivity (Wildman–Crippen MR) is 127 cm³/mol. The van der Waals surface area contributed by atoms with Gasteiger partial charge in [0.05, 0.1) is 11.2 Å². The van der Waals surface area contributed by atoms with Crippen LogP contribution in [0, 0.1) is 0 Å². The normalized spacial score (nSPS) is 11.0. The second-order valence-electron chi connectivity index (χ2n) is 6.41. The number of carbonyl (C=O) groups excluding carboxylic acids is 2. The monoisotopic (exact) mass is 512 g/mol.